The van der Waals surface area contributed by atoms with Gasteiger partial charge < -0.3 is 9.84 Å². The van der Waals surface area contributed by atoms with E-state index >= 15 is 0 Å². The van der Waals surface area contributed by atoms with E-state index in [1.165, 1.54) is 13.3 Å². The summed E-state index contributed by atoms with van der Waals surface area (Å²) in [6.07, 6.45) is 2.25. The van der Waals surface area contributed by atoms with Crippen molar-refractivity contribution in [2.45, 2.75) is 59.2 Å². The molecule has 0 amide bonds. The maximum absolute atomic E-state index is 11.4. The maximum Gasteiger partial charge on any atom is 0.334 e. The predicted molar refractivity (Wildman–Crippen MR) is 62.9 cm³/mol. The number of carbonyl (C=O) groups excluding carboxylic acids is 1. The van der Waals surface area contributed by atoms with Gasteiger partial charge in [-0.2, -0.15) is 0 Å². The van der Waals surface area contributed by atoms with Gasteiger partial charge >= 0.3 is 5.97 Å². The molecule has 0 radical (unpaired) electrons. The molecule has 1 rings (SSSR count). The molecule has 0 aliphatic heterocycles. The van der Waals surface area contributed by atoms with Crippen LogP contribution in [0.15, 0.2) is 0 Å². The Balaban J connectivity index is 2.61. The van der Waals surface area contributed by atoms with Crippen LogP contribution in [-0.2, 0) is 9.53 Å². The fourth-order valence-corrected chi connectivity index (χ4v) is 2.50. The molecule has 3 nitrogen and oxygen atoms in total. The van der Waals surface area contributed by atoms with Gasteiger partial charge in [0, 0.05) is 0 Å². The van der Waals surface area contributed by atoms with Gasteiger partial charge in [0.2, 0.25) is 0 Å². The summed E-state index contributed by atoms with van der Waals surface area (Å²) in [4.78, 5) is 11.4. The van der Waals surface area contributed by atoms with Crippen molar-refractivity contribution in [3.8, 4) is 0 Å². The molecule has 94 valence electrons. The van der Waals surface area contributed by atoms with Gasteiger partial charge in [-0.05, 0) is 37.5 Å². The van der Waals surface area contributed by atoms with Crippen molar-refractivity contribution in [2.24, 2.45) is 17.8 Å². The standard InChI is InChI=1S/C13H24O3/c1-8(2)11-6-5-9(3)7-12(11)16-13(15)10(4)14/h8-12,14H,5-7H2,1-4H3/t9-,10-,11-,12-/m1/s1. The second-order valence-corrected chi connectivity index (χ2v) is 5.48. The van der Waals surface area contributed by atoms with E-state index in [0.717, 1.165) is 12.8 Å². The lowest BCUT2D eigenvalue weighted by molar-refractivity contribution is -0.164. The lowest BCUT2D eigenvalue weighted by atomic mass is 9.75. The fraction of sp³-hybridized carbons (Fsp3) is 0.923. The van der Waals surface area contributed by atoms with E-state index in [0.29, 0.717) is 17.8 Å². The molecular weight excluding hydrogens is 204 g/mol. The Labute approximate surface area is 98.2 Å². The Morgan fingerprint density at radius 3 is 2.44 bits per heavy atom. The Kier molecular flexibility index (Phi) is 4.78. The van der Waals surface area contributed by atoms with Gasteiger partial charge in [0.15, 0.2) is 0 Å². The van der Waals surface area contributed by atoms with Crippen LogP contribution < -0.4 is 0 Å². The van der Waals surface area contributed by atoms with Gasteiger partial charge in [-0.1, -0.05) is 27.2 Å². The van der Waals surface area contributed by atoms with Crippen molar-refractivity contribution in [1.29, 1.82) is 0 Å². The molecule has 0 saturated heterocycles. The number of aliphatic hydroxyl groups is 1. The minimum Gasteiger partial charge on any atom is -0.460 e. The molecule has 3 heteroatoms. The van der Waals surface area contributed by atoms with Crippen LogP contribution in [0.5, 0.6) is 0 Å². The van der Waals surface area contributed by atoms with Crippen LogP contribution >= 0.6 is 0 Å². The maximum atomic E-state index is 11.4. The van der Waals surface area contributed by atoms with Gasteiger partial charge in [0.25, 0.3) is 0 Å². The van der Waals surface area contributed by atoms with E-state index in [1.54, 1.807) is 0 Å². The third-order valence-corrected chi connectivity index (χ3v) is 3.57. The van der Waals surface area contributed by atoms with E-state index in [9.17, 15) is 4.79 Å². The van der Waals surface area contributed by atoms with Crippen LogP contribution in [0.3, 0.4) is 0 Å². The quantitative estimate of drug-likeness (QED) is 0.754. The number of aliphatic hydroxyl groups excluding tert-OH is 1. The number of carbonyl (C=O) groups is 1. The normalized spacial score (nSPS) is 32.5. The van der Waals surface area contributed by atoms with Crippen LogP contribution in [0.1, 0.15) is 47.0 Å². The van der Waals surface area contributed by atoms with Gasteiger partial charge in [-0.15, -0.1) is 0 Å². The molecule has 1 aliphatic carbocycles. The lowest BCUT2D eigenvalue weighted by Crippen LogP contribution is -2.37. The summed E-state index contributed by atoms with van der Waals surface area (Å²) in [6.45, 7) is 7.99. The molecule has 0 bridgehead atoms. The average molecular weight is 228 g/mol. The first-order valence-corrected chi connectivity index (χ1v) is 6.30. The van der Waals surface area contributed by atoms with Crippen LogP contribution in [0, 0.1) is 17.8 Å². The van der Waals surface area contributed by atoms with Crippen LogP contribution in [0.4, 0.5) is 0 Å². The van der Waals surface area contributed by atoms with E-state index in [1.807, 2.05) is 0 Å². The molecule has 4 atom stereocenters. The molecule has 1 N–H and O–H groups in total. The van der Waals surface area contributed by atoms with E-state index < -0.39 is 12.1 Å². The van der Waals surface area contributed by atoms with Crippen LogP contribution in [0.25, 0.3) is 0 Å². The number of rotatable bonds is 3. The van der Waals surface area contributed by atoms with Crippen molar-refractivity contribution < 1.29 is 14.6 Å². The third kappa shape index (κ3) is 3.48. The Morgan fingerprint density at radius 1 is 1.31 bits per heavy atom. The van der Waals surface area contributed by atoms with E-state index in [4.69, 9.17) is 9.84 Å². The van der Waals surface area contributed by atoms with Crippen molar-refractivity contribution >= 4 is 5.97 Å². The zero-order valence-electron chi connectivity index (χ0n) is 10.8. The van der Waals surface area contributed by atoms with Crippen LogP contribution in [-0.4, -0.2) is 23.3 Å². The highest BCUT2D eigenvalue weighted by Crippen LogP contribution is 2.35. The van der Waals surface area contributed by atoms with Crippen molar-refractivity contribution in [1.82, 2.24) is 0 Å². The topological polar surface area (TPSA) is 46.5 Å². The summed E-state index contributed by atoms with van der Waals surface area (Å²) in [5, 5.41) is 9.17. The largest absolute Gasteiger partial charge is 0.460 e. The highest BCUT2D eigenvalue weighted by molar-refractivity contribution is 5.74. The second-order valence-electron chi connectivity index (χ2n) is 5.48. The Bertz CT molecular complexity index is 235. The predicted octanol–water partition coefficient (Wildman–Crippen LogP) is 2.37. The SMILES string of the molecule is CC(C)[C@H]1CC[C@@H](C)C[C@H]1OC(=O)[C@@H](C)O. The molecule has 0 aromatic rings. The summed E-state index contributed by atoms with van der Waals surface area (Å²) in [5.74, 6) is 1.10. The highest BCUT2D eigenvalue weighted by Gasteiger charge is 2.33. The molecule has 0 aromatic heterocycles. The van der Waals surface area contributed by atoms with Gasteiger partial charge in [0.1, 0.15) is 12.2 Å². The monoisotopic (exact) mass is 228 g/mol. The minimum absolute atomic E-state index is 0.00847. The van der Waals surface area contributed by atoms with Crippen molar-refractivity contribution in [3.05, 3.63) is 0 Å². The second kappa shape index (κ2) is 5.67. The van der Waals surface area contributed by atoms with E-state index in [2.05, 4.69) is 20.8 Å². The number of hydrogen-bond donors (Lipinski definition) is 1. The first-order valence-electron chi connectivity index (χ1n) is 6.30. The third-order valence-electron chi connectivity index (χ3n) is 3.57. The molecule has 0 unspecified atom stereocenters. The van der Waals surface area contributed by atoms with E-state index in [-0.39, 0.29) is 6.10 Å². The summed E-state index contributed by atoms with van der Waals surface area (Å²) in [5.41, 5.74) is 0. The first-order chi connectivity index (χ1) is 7.41. The molecule has 16 heavy (non-hydrogen) atoms. The number of hydrogen-bond acceptors (Lipinski definition) is 3. The fourth-order valence-electron chi connectivity index (χ4n) is 2.50. The van der Waals surface area contributed by atoms with Gasteiger partial charge in [0.05, 0.1) is 0 Å². The number of esters is 1. The first kappa shape index (κ1) is 13.5. The summed E-state index contributed by atoms with van der Waals surface area (Å²) in [7, 11) is 0. The number of ether oxygens (including phenoxy) is 1. The zero-order chi connectivity index (χ0) is 12.3. The molecule has 0 heterocycles. The summed E-state index contributed by atoms with van der Waals surface area (Å²) < 4.78 is 5.41. The van der Waals surface area contributed by atoms with Gasteiger partial charge in [-0.25, -0.2) is 4.79 Å². The average Bonchev–Trinajstić information content (AvgIpc) is 2.16. The minimum atomic E-state index is -1.01. The smallest absolute Gasteiger partial charge is 0.334 e. The molecule has 1 saturated carbocycles. The lowest BCUT2D eigenvalue weighted by Gasteiger charge is -2.36. The zero-order valence-corrected chi connectivity index (χ0v) is 10.8. The van der Waals surface area contributed by atoms with Crippen molar-refractivity contribution in [2.75, 3.05) is 0 Å². The highest BCUT2D eigenvalue weighted by atomic mass is 16.6. The molecule has 1 aliphatic rings. The molecule has 1 fully saturated rings. The summed E-state index contributed by atoms with van der Waals surface area (Å²) >= 11 is 0. The molecule has 0 spiro atoms. The summed E-state index contributed by atoms with van der Waals surface area (Å²) in [6, 6.07) is 0. The Hall–Kier alpha value is -0.570. The van der Waals surface area contributed by atoms with Crippen molar-refractivity contribution in [3.63, 3.8) is 0 Å². The van der Waals surface area contributed by atoms with Crippen LogP contribution in [0.2, 0.25) is 0 Å². The Morgan fingerprint density at radius 2 is 1.94 bits per heavy atom. The van der Waals surface area contributed by atoms with Gasteiger partial charge in [-0.3, -0.25) is 0 Å². The molecule has 0 aromatic carbocycles. The molecular formula is C13H24O3.